The van der Waals surface area contributed by atoms with Crippen molar-refractivity contribution in [3.05, 3.63) is 54.2 Å². The molecule has 1 aliphatic rings. The van der Waals surface area contributed by atoms with Crippen LogP contribution in [0.2, 0.25) is 0 Å². The Bertz CT molecular complexity index is 861. The molecule has 0 radical (unpaired) electrons. The van der Waals surface area contributed by atoms with Gasteiger partial charge in [0.15, 0.2) is 0 Å². The Labute approximate surface area is 134 Å². The summed E-state index contributed by atoms with van der Waals surface area (Å²) in [5, 5.41) is 1.13. The SMILES string of the molecule is NCCc1cn(C(=O)C2CCn3ccnc3C2)c2ccccc12. The van der Waals surface area contributed by atoms with E-state index in [1.165, 1.54) is 0 Å². The van der Waals surface area contributed by atoms with Crippen molar-refractivity contribution in [2.75, 3.05) is 6.54 Å². The van der Waals surface area contributed by atoms with E-state index in [-0.39, 0.29) is 11.8 Å². The number of fused-ring (bicyclic) bond motifs is 2. The maximum atomic E-state index is 13.1. The molecule has 1 unspecified atom stereocenters. The summed E-state index contributed by atoms with van der Waals surface area (Å²) in [6, 6.07) is 8.06. The molecule has 1 atom stereocenters. The van der Waals surface area contributed by atoms with Crippen LogP contribution in [-0.2, 0) is 19.4 Å². The van der Waals surface area contributed by atoms with Crippen LogP contribution in [-0.4, -0.2) is 26.6 Å². The predicted octanol–water partition coefficient (Wildman–Crippen LogP) is 2.24. The minimum absolute atomic E-state index is 0.00793. The average molecular weight is 308 g/mol. The first kappa shape index (κ1) is 14.2. The van der Waals surface area contributed by atoms with Crippen LogP contribution < -0.4 is 5.73 Å². The maximum Gasteiger partial charge on any atom is 0.234 e. The lowest BCUT2D eigenvalue weighted by Crippen LogP contribution is -2.29. The van der Waals surface area contributed by atoms with Gasteiger partial charge in [0.25, 0.3) is 0 Å². The first-order valence-electron chi connectivity index (χ1n) is 8.11. The number of hydrogen-bond acceptors (Lipinski definition) is 3. The van der Waals surface area contributed by atoms with E-state index in [2.05, 4.69) is 15.6 Å². The van der Waals surface area contributed by atoms with Gasteiger partial charge in [0.1, 0.15) is 5.82 Å². The smallest absolute Gasteiger partial charge is 0.234 e. The topological polar surface area (TPSA) is 65.8 Å². The lowest BCUT2D eigenvalue weighted by atomic mass is 9.97. The Hall–Kier alpha value is -2.40. The number of hydrogen-bond donors (Lipinski definition) is 1. The van der Waals surface area contributed by atoms with Crippen LogP contribution >= 0.6 is 0 Å². The number of benzene rings is 1. The van der Waals surface area contributed by atoms with Gasteiger partial charge in [-0.3, -0.25) is 9.36 Å². The van der Waals surface area contributed by atoms with Crippen LogP contribution in [0.4, 0.5) is 0 Å². The molecule has 0 bridgehead atoms. The molecule has 2 aromatic heterocycles. The number of nitrogens with two attached hydrogens (primary N) is 1. The zero-order valence-electron chi connectivity index (χ0n) is 13.0. The third-order valence-corrected chi connectivity index (χ3v) is 4.74. The second-order valence-electron chi connectivity index (χ2n) is 6.14. The second-order valence-corrected chi connectivity index (χ2v) is 6.14. The Kier molecular flexibility index (Phi) is 3.50. The van der Waals surface area contributed by atoms with Crippen LogP contribution in [0.25, 0.3) is 10.9 Å². The average Bonchev–Trinajstić information content (AvgIpc) is 3.19. The maximum absolute atomic E-state index is 13.1. The third kappa shape index (κ3) is 2.37. The minimum Gasteiger partial charge on any atom is -0.335 e. The predicted molar refractivity (Wildman–Crippen MR) is 89.4 cm³/mol. The van der Waals surface area contributed by atoms with Crippen molar-refractivity contribution in [2.24, 2.45) is 11.7 Å². The molecule has 4 rings (SSSR count). The van der Waals surface area contributed by atoms with Gasteiger partial charge in [-0.15, -0.1) is 0 Å². The molecule has 1 aromatic carbocycles. The van der Waals surface area contributed by atoms with Crippen molar-refractivity contribution < 1.29 is 4.79 Å². The summed E-state index contributed by atoms with van der Waals surface area (Å²) >= 11 is 0. The molecule has 0 fully saturated rings. The quantitative estimate of drug-likeness (QED) is 0.807. The summed E-state index contributed by atoms with van der Waals surface area (Å²) in [5.74, 6) is 1.17. The van der Waals surface area contributed by atoms with Crippen LogP contribution in [0, 0.1) is 5.92 Å². The highest BCUT2D eigenvalue weighted by molar-refractivity contribution is 5.95. The van der Waals surface area contributed by atoms with Crippen LogP contribution in [0.15, 0.2) is 42.9 Å². The summed E-state index contributed by atoms with van der Waals surface area (Å²) < 4.78 is 3.96. The third-order valence-electron chi connectivity index (χ3n) is 4.74. The molecule has 0 amide bonds. The highest BCUT2D eigenvalue weighted by Gasteiger charge is 2.27. The molecule has 0 saturated carbocycles. The molecule has 2 N–H and O–H groups in total. The summed E-state index contributed by atoms with van der Waals surface area (Å²) in [7, 11) is 0. The number of aryl methyl sites for hydroxylation is 1. The first-order valence-corrected chi connectivity index (χ1v) is 8.11. The van der Waals surface area contributed by atoms with Crippen molar-refractivity contribution in [3.63, 3.8) is 0 Å². The van der Waals surface area contributed by atoms with Crippen molar-refractivity contribution >= 4 is 16.8 Å². The Morgan fingerprint density at radius 2 is 2.22 bits per heavy atom. The molecule has 0 aliphatic carbocycles. The van der Waals surface area contributed by atoms with E-state index in [1.54, 1.807) is 0 Å². The van der Waals surface area contributed by atoms with E-state index < -0.39 is 0 Å². The van der Waals surface area contributed by atoms with E-state index in [9.17, 15) is 4.79 Å². The van der Waals surface area contributed by atoms with E-state index in [1.807, 2.05) is 41.4 Å². The largest absolute Gasteiger partial charge is 0.335 e. The van der Waals surface area contributed by atoms with E-state index in [0.29, 0.717) is 13.0 Å². The number of nitrogens with zero attached hydrogens (tertiary/aromatic N) is 3. The lowest BCUT2D eigenvalue weighted by molar-refractivity contribution is 0.0816. The molecule has 5 nitrogen and oxygen atoms in total. The van der Waals surface area contributed by atoms with Gasteiger partial charge in [-0.25, -0.2) is 4.98 Å². The summed E-state index contributed by atoms with van der Waals surface area (Å²) in [6.45, 7) is 1.45. The molecule has 0 spiro atoms. The Morgan fingerprint density at radius 3 is 3.09 bits per heavy atom. The fourth-order valence-corrected chi connectivity index (χ4v) is 3.55. The number of para-hydroxylation sites is 1. The highest BCUT2D eigenvalue weighted by atomic mass is 16.2. The fourth-order valence-electron chi connectivity index (χ4n) is 3.55. The standard InChI is InChI=1S/C18H20N4O/c19-7-5-14-12-22(16-4-2-1-3-15(14)16)18(23)13-6-9-21-10-8-20-17(21)11-13/h1-4,8,10,12-13H,5-7,9,11,19H2. The first-order chi connectivity index (χ1) is 11.3. The van der Waals surface area contributed by atoms with Gasteiger partial charge in [-0.2, -0.15) is 0 Å². The van der Waals surface area contributed by atoms with Crippen molar-refractivity contribution in [1.29, 1.82) is 0 Å². The van der Waals surface area contributed by atoms with Crippen molar-refractivity contribution in [2.45, 2.75) is 25.8 Å². The monoisotopic (exact) mass is 308 g/mol. The second kappa shape index (κ2) is 5.66. The van der Waals surface area contributed by atoms with Gasteiger partial charge in [0.2, 0.25) is 5.91 Å². The number of aromatic nitrogens is 3. The van der Waals surface area contributed by atoms with Crippen LogP contribution in [0.1, 0.15) is 22.6 Å². The van der Waals surface area contributed by atoms with Gasteiger partial charge >= 0.3 is 0 Å². The number of rotatable bonds is 3. The van der Waals surface area contributed by atoms with Gasteiger partial charge in [0, 0.05) is 42.9 Å². The summed E-state index contributed by atoms with van der Waals surface area (Å²) in [6.07, 6.45) is 8.13. The van der Waals surface area contributed by atoms with Crippen LogP contribution in [0.3, 0.4) is 0 Å². The highest BCUT2D eigenvalue weighted by Crippen LogP contribution is 2.26. The van der Waals surface area contributed by atoms with Gasteiger partial charge in [-0.1, -0.05) is 18.2 Å². The summed E-state index contributed by atoms with van der Waals surface area (Å²) in [4.78, 5) is 17.4. The van der Waals surface area contributed by atoms with E-state index in [0.717, 1.165) is 41.7 Å². The van der Waals surface area contributed by atoms with Gasteiger partial charge < -0.3 is 10.3 Å². The number of carbonyl (C=O) groups is 1. The Morgan fingerprint density at radius 1 is 1.35 bits per heavy atom. The Balaban J connectivity index is 1.70. The number of carbonyl (C=O) groups excluding carboxylic acids is 1. The van der Waals surface area contributed by atoms with Crippen molar-refractivity contribution in [1.82, 2.24) is 14.1 Å². The molecular weight excluding hydrogens is 288 g/mol. The molecule has 5 heteroatoms. The zero-order valence-corrected chi connectivity index (χ0v) is 13.0. The van der Waals surface area contributed by atoms with E-state index in [4.69, 9.17) is 5.73 Å². The van der Waals surface area contributed by atoms with Crippen molar-refractivity contribution in [3.8, 4) is 0 Å². The zero-order chi connectivity index (χ0) is 15.8. The molecule has 118 valence electrons. The van der Waals surface area contributed by atoms with Gasteiger partial charge in [-0.05, 0) is 31.0 Å². The molecule has 1 aliphatic heterocycles. The molecular formula is C18H20N4O. The van der Waals surface area contributed by atoms with Crippen LogP contribution in [0.5, 0.6) is 0 Å². The van der Waals surface area contributed by atoms with Gasteiger partial charge in [0.05, 0.1) is 5.52 Å². The molecule has 3 heterocycles. The number of imidazole rings is 1. The molecule has 0 saturated heterocycles. The minimum atomic E-state index is -0.00793. The van der Waals surface area contributed by atoms with E-state index >= 15 is 0 Å². The summed E-state index contributed by atoms with van der Waals surface area (Å²) in [5.41, 5.74) is 7.84. The lowest BCUT2D eigenvalue weighted by Gasteiger charge is -2.22. The fraction of sp³-hybridized carbons (Fsp3) is 0.333. The molecule has 3 aromatic rings. The normalized spacial score (nSPS) is 17.3. The molecule has 23 heavy (non-hydrogen) atoms.